The molecule has 0 aliphatic heterocycles. The molecule has 2 rings (SSSR count). The van der Waals surface area contributed by atoms with Gasteiger partial charge in [-0.3, -0.25) is 4.79 Å². The normalized spacial score (nSPS) is 10.3. The van der Waals surface area contributed by atoms with E-state index in [2.05, 4.69) is 5.32 Å². The third kappa shape index (κ3) is 3.81. The van der Waals surface area contributed by atoms with Crippen molar-refractivity contribution in [3.63, 3.8) is 0 Å². The molecule has 0 aromatic heterocycles. The fourth-order valence-electron chi connectivity index (χ4n) is 1.93. The highest BCUT2D eigenvalue weighted by molar-refractivity contribution is 6.31. The number of anilines is 1. The molecular weight excluding hydrogens is 277 g/mol. The van der Waals surface area contributed by atoms with Crippen molar-refractivity contribution >= 4 is 23.2 Å². The number of halogens is 2. The van der Waals surface area contributed by atoms with Crippen molar-refractivity contribution in [2.75, 3.05) is 5.32 Å². The Hall–Kier alpha value is -1.87. The van der Waals surface area contributed by atoms with E-state index in [-0.39, 0.29) is 11.7 Å². The number of carbonyl (C=O) groups is 1. The molecule has 0 saturated heterocycles. The van der Waals surface area contributed by atoms with Gasteiger partial charge in [-0.05, 0) is 48.7 Å². The molecule has 20 heavy (non-hydrogen) atoms. The van der Waals surface area contributed by atoms with E-state index in [1.54, 1.807) is 19.1 Å². The Labute approximate surface area is 122 Å². The predicted molar refractivity (Wildman–Crippen MR) is 79.5 cm³/mol. The van der Waals surface area contributed by atoms with Crippen LogP contribution in [0.1, 0.15) is 17.5 Å². The van der Waals surface area contributed by atoms with Crippen LogP contribution in [0.3, 0.4) is 0 Å². The highest BCUT2D eigenvalue weighted by Crippen LogP contribution is 2.18. The van der Waals surface area contributed by atoms with E-state index < -0.39 is 0 Å². The van der Waals surface area contributed by atoms with Crippen LogP contribution in [0.15, 0.2) is 42.5 Å². The summed E-state index contributed by atoms with van der Waals surface area (Å²) in [6, 6.07) is 11.7. The Morgan fingerprint density at radius 1 is 1.25 bits per heavy atom. The molecule has 0 saturated carbocycles. The van der Waals surface area contributed by atoms with Crippen molar-refractivity contribution in [2.45, 2.75) is 19.8 Å². The van der Waals surface area contributed by atoms with Gasteiger partial charge in [-0.25, -0.2) is 4.39 Å². The second kappa shape index (κ2) is 6.53. The van der Waals surface area contributed by atoms with Gasteiger partial charge in [0.25, 0.3) is 0 Å². The van der Waals surface area contributed by atoms with Gasteiger partial charge in [-0.1, -0.05) is 29.8 Å². The quantitative estimate of drug-likeness (QED) is 0.891. The minimum Gasteiger partial charge on any atom is -0.326 e. The molecule has 0 bridgehead atoms. The summed E-state index contributed by atoms with van der Waals surface area (Å²) in [5.74, 6) is -0.420. The first kappa shape index (κ1) is 14.5. The Balaban J connectivity index is 1.94. The van der Waals surface area contributed by atoms with Gasteiger partial charge in [0.1, 0.15) is 5.82 Å². The molecule has 4 heteroatoms. The molecule has 0 unspecified atom stereocenters. The highest BCUT2D eigenvalue weighted by atomic mass is 35.5. The van der Waals surface area contributed by atoms with Gasteiger partial charge < -0.3 is 5.32 Å². The number of carbonyl (C=O) groups excluding carboxylic acids is 1. The van der Waals surface area contributed by atoms with Crippen LogP contribution in [0, 0.1) is 12.7 Å². The zero-order valence-electron chi connectivity index (χ0n) is 11.1. The maximum atomic E-state index is 13.0. The fraction of sp³-hybridized carbons (Fsp3) is 0.188. The van der Waals surface area contributed by atoms with E-state index in [1.807, 2.05) is 18.2 Å². The smallest absolute Gasteiger partial charge is 0.224 e. The molecule has 0 atom stereocenters. The van der Waals surface area contributed by atoms with Crippen molar-refractivity contribution in [1.29, 1.82) is 0 Å². The minimum absolute atomic E-state index is 0.111. The van der Waals surface area contributed by atoms with Crippen LogP contribution in [0.25, 0.3) is 0 Å². The SMILES string of the molecule is Cc1cc(F)ccc1NC(=O)CCc1ccccc1Cl. The van der Waals surface area contributed by atoms with Crippen LogP contribution < -0.4 is 5.32 Å². The lowest BCUT2D eigenvalue weighted by Gasteiger charge is -2.09. The van der Waals surface area contributed by atoms with Gasteiger partial charge in [0.2, 0.25) is 5.91 Å². The van der Waals surface area contributed by atoms with Gasteiger partial charge in [-0.15, -0.1) is 0 Å². The van der Waals surface area contributed by atoms with Crippen LogP contribution in [0.4, 0.5) is 10.1 Å². The maximum Gasteiger partial charge on any atom is 0.224 e. The summed E-state index contributed by atoms with van der Waals surface area (Å²) in [5.41, 5.74) is 2.28. The van der Waals surface area contributed by atoms with Crippen molar-refractivity contribution < 1.29 is 9.18 Å². The van der Waals surface area contributed by atoms with Crippen LogP contribution in [-0.2, 0) is 11.2 Å². The summed E-state index contributed by atoms with van der Waals surface area (Å²) >= 11 is 6.04. The Morgan fingerprint density at radius 2 is 2.00 bits per heavy atom. The second-order valence-corrected chi connectivity index (χ2v) is 5.01. The molecule has 0 spiro atoms. The molecular formula is C16H15ClFNO. The molecule has 0 heterocycles. The standard InChI is InChI=1S/C16H15ClFNO/c1-11-10-13(18)7-8-15(11)19-16(20)9-6-12-4-2-3-5-14(12)17/h2-5,7-8,10H,6,9H2,1H3,(H,19,20). The summed E-state index contributed by atoms with van der Waals surface area (Å²) in [7, 11) is 0. The van der Waals surface area contributed by atoms with Gasteiger partial charge in [0.05, 0.1) is 0 Å². The summed E-state index contributed by atoms with van der Waals surface area (Å²) < 4.78 is 13.0. The van der Waals surface area contributed by atoms with Gasteiger partial charge >= 0.3 is 0 Å². The Kier molecular flexibility index (Phi) is 4.74. The third-order valence-corrected chi connectivity index (χ3v) is 3.41. The largest absolute Gasteiger partial charge is 0.326 e. The summed E-state index contributed by atoms with van der Waals surface area (Å²) in [5, 5.41) is 3.44. The van der Waals surface area contributed by atoms with Crippen LogP contribution in [0.5, 0.6) is 0 Å². The van der Waals surface area contributed by atoms with Crippen molar-refractivity contribution in [3.8, 4) is 0 Å². The Bertz CT molecular complexity index is 628. The first-order valence-corrected chi connectivity index (χ1v) is 6.73. The number of rotatable bonds is 4. The zero-order chi connectivity index (χ0) is 14.5. The molecule has 0 aliphatic carbocycles. The second-order valence-electron chi connectivity index (χ2n) is 4.60. The topological polar surface area (TPSA) is 29.1 Å². The molecule has 2 aromatic carbocycles. The first-order chi connectivity index (χ1) is 9.56. The number of nitrogens with one attached hydrogen (secondary N) is 1. The van der Waals surface area contributed by atoms with E-state index >= 15 is 0 Å². The first-order valence-electron chi connectivity index (χ1n) is 6.35. The minimum atomic E-state index is -0.309. The molecule has 1 amide bonds. The summed E-state index contributed by atoms with van der Waals surface area (Å²) in [6.45, 7) is 1.76. The fourth-order valence-corrected chi connectivity index (χ4v) is 2.16. The number of benzene rings is 2. The summed E-state index contributed by atoms with van der Waals surface area (Å²) in [4.78, 5) is 11.9. The lowest BCUT2D eigenvalue weighted by atomic mass is 10.1. The average Bonchev–Trinajstić information content (AvgIpc) is 2.41. The molecule has 2 nitrogen and oxygen atoms in total. The van der Waals surface area contributed by atoms with Crippen molar-refractivity contribution in [3.05, 3.63) is 64.4 Å². The number of aryl methyl sites for hydroxylation is 2. The number of hydrogen-bond donors (Lipinski definition) is 1. The number of hydrogen-bond acceptors (Lipinski definition) is 1. The molecule has 2 aromatic rings. The average molecular weight is 292 g/mol. The predicted octanol–water partition coefficient (Wildman–Crippen LogP) is 4.36. The Morgan fingerprint density at radius 3 is 2.70 bits per heavy atom. The van der Waals surface area contributed by atoms with Gasteiger partial charge in [0.15, 0.2) is 0 Å². The van der Waals surface area contributed by atoms with Crippen LogP contribution in [-0.4, -0.2) is 5.91 Å². The molecule has 0 aliphatic rings. The van der Waals surface area contributed by atoms with Crippen molar-refractivity contribution in [1.82, 2.24) is 0 Å². The lowest BCUT2D eigenvalue weighted by Crippen LogP contribution is -2.13. The molecule has 0 radical (unpaired) electrons. The van der Waals surface area contributed by atoms with E-state index in [1.165, 1.54) is 12.1 Å². The maximum absolute atomic E-state index is 13.0. The molecule has 0 fully saturated rings. The summed E-state index contributed by atoms with van der Waals surface area (Å²) in [6.07, 6.45) is 0.909. The van der Waals surface area contributed by atoms with Crippen LogP contribution >= 0.6 is 11.6 Å². The monoisotopic (exact) mass is 291 g/mol. The van der Waals surface area contributed by atoms with E-state index in [0.717, 1.165) is 5.56 Å². The molecule has 1 N–H and O–H groups in total. The highest BCUT2D eigenvalue weighted by Gasteiger charge is 2.07. The van der Waals surface area contributed by atoms with Gasteiger partial charge in [-0.2, -0.15) is 0 Å². The van der Waals surface area contributed by atoms with E-state index in [4.69, 9.17) is 11.6 Å². The van der Waals surface area contributed by atoms with Crippen molar-refractivity contribution in [2.24, 2.45) is 0 Å². The van der Waals surface area contributed by atoms with E-state index in [0.29, 0.717) is 29.1 Å². The lowest BCUT2D eigenvalue weighted by molar-refractivity contribution is -0.116. The third-order valence-electron chi connectivity index (χ3n) is 3.04. The molecule has 104 valence electrons. The number of amides is 1. The van der Waals surface area contributed by atoms with Crippen LogP contribution in [0.2, 0.25) is 5.02 Å². The zero-order valence-corrected chi connectivity index (χ0v) is 11.9. The van der Waals surface area contributed by atoms with E-state index in [9.17, 15) is 9.18 Å². The van der Waals surface area contributed by atoms with Gasteiger partial charge in [0, 0.05) is 17.1 Å².